The van der Waals surface area contributed by atoms with Gasteiger partial charge in [-0.2, -0.15) is 0 Å². The third kappa shape index (κ3) is 3.08. The van der Waals surface area contributed by atoms with Gasteiger partial charge in [0.15, 0.2) is 17.1 Å². The van der Waals surface area contributed by atoms with Gasteiger partial charge >= 0.3 is 0 Å². The molecule has 4 heterocycles. The van der Waals surface area contributed by atoms with Crippen molar-refractivity contribution in [2.24, 2.45) is 0 Å². The summed E-state index contributed by atoms with van der Waals surface area (Å²) in [5, 5.41) is 0. The van der Waals surface area contributed by atoms with Crippen LogP contribution in [0.15, 0.2) is 61.3 Å². The van der Waals surface area contributed by atoms with Gasteiger partial charge < -0.3 is 9.88 Å². The number of imidazole rings is 2. The van der Waals surface area contributed by atoms with Crippen LogP contribution in [0.3, 0.4) is 0 Å². The highest BCUT2D eigenvalue weighted by molar-refractivity contribution is 5.82. The third-order valence-electron chi connectivity index (χ3n) is 4.83. The summed E-state index contributed by atoms with van der Waals surface area (Å²) in [7, 11) is 0. The number of benzene rings is 1. The minimum atomic E-state index is 0.588. The number of fused-ring (bicyclic) bond motifs is 2. The maximum absolute atomic E-state index is 4.89. The van der Waals surface area contributed by atoms with Crippen LogP contribution < -0.4 is 4.90 Å². The summed E-state index contributed by atoms with van der Waals surface area (Å²) in [5.74, 6) is 1.73. The second-order valence-electron chi connectivity index (χ2n) is 6.77. The van der Waals surface area contributed by atoms with E-state index in [1.165, 1.54) is 0 Å². The SMILES string of the molecule is CCCN(Cc1nc2cccnc2n1-c1ccccc1)c1ncnc2nc[nH]c12. The van der Waals surface area contributed by atoms with Gasteiger partial charge in [-0.3, -0.25) is 4.57 Å². The molecule has 0 radical (unpaired) electrons. The zero-order valence-corrected chi connectivity index (χ0v) is 16.0. The molecule has 5 rings (SSSR count). The van der Waals surface area contributed by atoms with Crippen molar-refractivity contribution in [1.29, 1.82) is 0 Å². The van der Waals surface area contributed by atoms with Gasteiger partial charge in [0.25, 0.3) is 0 Å². The van der Waals surface area contributed by atoms with Gasteiger partial charge in [-0.15, -0.1) is 0 Å². The fraction of sp³-hybridized carbons (Fsp3) is 0.190. The Bertz CT molecular complexity index is 1260. The summed E-state index contributed by atoms with van der Waals surface area (Å²) < 4.78 is 2.11. The molecule has 0 aliphatic rings. The van der Waals surface area contributed by atoms with Crippen molar-refractivity contribution in [3.05, 3.63) is 67.1 Å². The first kappa shape index (κ1) is 17.3. The zero-order valence-electron chi connectivity index (χ0n) is 16.0. The van der Waals surface area contributed by atoms with E-state index in [1.54, 1.807) is 18.9 Å². The molecule has 0 fully saturated rings. The molecule has 0 amide bonds. The maximum Gasteiger partial charge on any atom is 0.182 e. The van der Waals surface area contributed by atoms with Crippen molar-refractivity contribution < 1.29 is 0 Å². The summed E-state index contributed by atoms with van der Waals surface area (Å²) in [6.45, 7) is 3.57. The van der Waals surface area contributed by atoms with E-state index in [0.717, 1.165) is 47.0 Å². The Labute approximate surface area is 167 Å². The monoisotopic (exact) mass is 384 g/mol. The summed E-state index contributed by atoms with van der Waals surface area (Å²) in [6.07, 6.45) is 5.98. The van der Waals surface area contributed by atoms with Crippen LogP contribution in [-0.4, -0.2) is 41.0 Å². The number of anilines is 1. The second-order valence-corrected chi connectivity index (χ2v) is 6.77. The van der Waals surface area contributed by atoms with Crippen LogP contribution in [0.5, 0.6) is 0 Å². The van der Waals surface area contributed by atoms with E-state index in [1.807, 2.05) is 30.3 Å². The number of H-pyrrole nitrogens is 1. The quantitative estimate of drug-likeness (QED) is 0.482. The fourth-order valence-corrected chi connectivity index (χ4v) is 3.61. The number of hydrogen-bond acceptors (Lipinski definition) is 6. The number of nitrogens with zero attached hydrogens (tertiary/aromatic N) is 7. The van der Waals surface area contributed by atoms with E-state index < -0.39 is 0 Å². The predicted octanol–water partition coefficient (Wildman–Crippen LogP) is 3.50. The minimum Gasteiger partial charge on any atom is -0.347 e. The molecule has 29 heavy (non-hydrogen) atoms. The average Bonchev–Trinajstić information content (AvgIpc) is 3.38. The molecule has 0 atom stereocenters. The average molecular weight is 384 g/mol. The maximum atomic E-state index is 4.89. The summed E-state index contributed by atoms with van der Waals surface area (Å²) in [4.78, 5) is 27.9. The Hall–Kier alpha value is -3.81. The highest BCUT2D eigenvalue weighted by Crippen LogP contribution is 2.25. The predicted molar refractivity (Wildman–Crippen MR) is 112 cm³/mol. The van der Waals surface area contributed by atoms with E-state index >= 15 is 0 Å². The molecule has 1 N–H and O–H groups in total. The number of nitrogens with one attached hydrogen (secondary N) is 1. The van der Waals surface area contributed by atoms with E-state index in [-0.39, 0.29) is 0 Å². The lowest BCUT2D eigenvalue weighted by Crippen LogP contribution is -2.26. The summed E-state index contributed by atoms with van der Waals surface area (Å²) in [6, 6.07) is 14.1. The first-order valence-corrected chi connectivity index (χ1v) is 9.62. The molecule has 0 bridgehead atoms. The number of para-hydroxylation sites is 1. The van der Waals surface area contributed by atoms with Crippen LogP contribution in [0.2, 0.25) is 0 Å². The van der Waals surface area contributed by atoms with Crippen molar-refractivity contribution >= 4 is 28.1 Å². The van der Waals surface area contributed by atoms with Crippen LogP contribution in [0, 0.1) is 0 Å². The van der Waals surface area contributed by atoms with E-state index in [9.17, 15) is 0 Å². The van der Waals surface area contributed by atoms with Gasteiger partial charge in [-0.1, -0.05) is 25.1 Å². The molecule has 0 aliphatic heterocycles. The highest BCUT2D eigenvalue weighted by atomic mass is 15.2. The largest absolute Gasteiger partial charge is 0.347 e. The summed E-state index contributed by atoms with van der Waals surface area (Å²) >= 11 is 0. The van der Waals surface area contributed by atoms with Gasteiger partial charge in [0, 0.05) is 18.4 Å². The molecule has 0 saturated heterocycles. The first-order chi connectivity index (χ1) is 14.3. The lowest BCUT2D eigenvalue weighted by atomic mass is 10.3. The van der Waals surface area contributed by atoms with E-state index in [4.69, 9.17) is 4.98 Å². The fourth-order valence-electron chi connectivity index (χ4n) is 3.61. The van der Waals surface area contributed by atoms with Gasteiger partial charge in [-0.05, 0) is 30.7 Å². The lowest BCUT2D eigenvalue weighted by molar-refractivity contribution is 0.719. The van der Waals surface area contributed by atoms with Gasteiger partial charge in [0.1, 0.15) is 23.2 Å². The van der Waals surface area contributed by atoms with Crippen LogP contribution >= 0.6 is 0 Å². The Morgan fingerprint density at radius 2 is 1.90 bits per heavy atom. The highest BCUT2D eigenvalue weighted by Gasteiger charge is 2.19. The van der Waals surface area contributed by atoms with Crippen molar-refractivity contribution in [2.75, 3.05) is 11.4 Å². The number of rotatable bonds is 6. The van der Waals surface area contributed by atoms with Crippen LogP contribution in [0.4, 0.5) is 5.82 Å². The molecule has 144 valence electrons. The Balaban J connectivity index is 1.64. The molecule has 4 aromatic heterocycles. The Kier molecular flexibility index (Phi) is 4.36. The van der Waals surface area contributed by atoms with E-state index in [2.05, 4.69) is 53.4 Å². The standard InChI is InChI=1S/C21H20N8/c1-2-11-28(21-18-19(24-13-23-18)25-14-26-21)12-17-27-16-9-6-10-22-20(16)29(17)15-7-4-3-5-8-15/h3-10,13-14H,2,11-12H2,1H3,(H,23,24,25,26). The van der Waals surface area contributed by atoms with Crippen molar-refractivity contribution in [1.82, 2.24) is 34.5 Å². The Morgan fingerprint density at radius 3 is 2.76 bits per heavy atom. The Morgan fingerprint density at radius 1 is 1.00 bits per heavy atom. The topological polar surface area (TPSA) is 88.4 Å². The van der Waals surface area contributed by atoms with Gasteiger partial charge in [0.2, 0.25) is 0 Å². The third-order valence-corrected chi connectivity index (χ3v) is 4.83. The van der Waals surface area contributed by atoms with E-state index in [0.29, 0.717) is 12.2 Å². The number of aromatic nitrogens is 7. The zero-order chi connectivity index (χ0) is 19.6. The molecule has 8 heteroatoms. The molecular formula is C21H20N8. The van der Waals surface area contributed by atoms with Crippen LogP contribution in [-0.2, 0) is 6.54 Å². The summed E-state index contributed by atoms with van der Waals surface area (Å²) in [5.41, 5.74) is 4.25. The molecule has 0 unspecified atom stereocenters. The molecular weight excluding hydrogens is 364 g/mol. The number of aromatic amines is 1. The van der Waals surface area contributed by atoms with Crippen molar-refractivity contribution in [2.45, 2.75) is 19.9 Å². The van der Waals surface area contributed by atoms with Gasteiger partial charge in [0.05, 0.1) is 12.9 Å². The number of pyridine rings is 1. The van der Waals surface area contributed by atoms with Crippen molar-refractivity contribution in [3.63, 3.8) is 0 Å². The second kappa shape index (κ2) is 7.31. The minimum absolute atomic E-state index is 0.588. The van der Waals surface area contributed by atoms with Crippen LogP contribution in [0.1, 0.15) is 19.2 Å². The molecule has 5 aromatic rings. The smallest absolute Gasteiger partial charge is 0.182 e. The van der Waals surface area contributed by atoms with Crippen molar-refractivity contribution in [3.8, 4) is 5.69 Å². The molecule has 0 saturated carbocycles. The van der Waals surface area contributed by atoms with Gasteiger partial charge in [-0.25, -0.2) is 24.9 Å². The molecule has 8 nitrogen and oxygen atoms in total. The number of hydrogen-bond donors (Lipinski definition) is 1. The lowest BCUT2D eigenvalue weighted by Gasteiger charge is -2.23. The molecule has 0 aliphatic carbocycles. The van der Waals surface area contributed by atoms with Crippen LogP contribution in [0.25, 0.3) is 28.0 Å². The molecule has 1 aromatic carbocycles. The normalized spacial score (nSPS) is 11.3. The molecule has 0 spiro atoms. The first-order valence-electron chi connectivity index (χ1n) is 9.62.